The summed E-state index contributed by atoms with van der Waals surface area (Å²) >= 11 is 0. The molecule has 88 valence electrons. The van der Waals surface area contributed by atoms with Gasteiger partial charge in [0.15, 0.2) is 0 Å². The van der Waals surface area contributed by atoms with Gasteiger partial charge < -0.3 is 10.8 Å². The van der Waals surface area contributed by atoms with Crippen LogP contribution in [0.4, 0.5) is 5.82 Å². The molecule has 2 unspecified atom stereocenters. The van der Waals surface area contributed by atoms with Gasteiger partial charge in [0.1, 0.15) is 5.82 Å². The highest BCUT2D eigenvalue weighted by Gasteiger charge is 2.39. The molecule has 3 N–H and O–H groups in total. The zero-order chi connectivity index (χ0) is 11.8. The van der Waals surface area contributed by atoms with E-state index in [4.69, 9.17) is 5.73 Å². The lowest BCUT2D eigenvalue weighted by molar-refractivity contribution is 0.0402. The lowest BCUT2D eigenvalue weighted by Crippen LogP contribution is -2.24. The van der Waals surface area contributed by atoms with Crippen molar-refractivity contribution in [2.24, 2.45) is 5.92 Å². The largest absolute Gasteiger partial charge is 0.385 e. The van der Waals surface area contributed by atoms with Crippen LogP contribution in [0.2, 0.25) is 0 Å². The van der Waals surface area contributed by atoms with Gasteiger partial charge in [-0.3, -0.25) is 0 Å². The molecule has 1 aromatic heterocycles. The molecule has 0 spiro atoms. The number of nitrogens with two attached hydrogens (primary N) is 1. The molecule has 1 saturated carbocycles. The first-order valence-electron chi connectivity index (χ1n) is 6.00. The minimum absolute atomic E-state index is 0.477. The number of nitrogen functional groups attached to an aromatic ring is 1. The average Bonchev–Trinajstić information content (AvgIpc) is 2.65. The molecule has 2 rings (SSSR count). The third-order valence-corrected chi connectivity index (χ3v) is 3.73. The predicted molar refractivity (Wildman–Crippen MR) is 64.9 cm³/mol. The SMILES string of the molecule is CCC1CCC(O)(c2cc(C)cnc2N)C1. The number of aromatic nitrogens is 1. The van der Waals surface area contributed by atoms with Crippen LogP contribution in [0.1, 0.15) is 43.7 Å². The Kier molecular flexibility index (Phi) is 2.89. The third-order valence-electron chi connectivity index (χ3n) is 3.73. The zero-order valence-electron chi connectivity index (χ0n) is 10.0. The van der Waals surface area contributed by atoms with E-state index in [1.54, 1.807) is 6.20 Å². The topological polar surface area (TPSA) is 59.1 Å². The van der Waals surface area contributed by atoms with E-state index in [1.165, 1.54) is 0 Å². The Labute approximate surface area is 96.7 Å². The molecule has 3 heteroatoms. The molecule has 3 nitrogen and oxygen atoms in total. The third kappa shape index (κ3) is 1.92. The zero-order valence-corrected chi connectivity index (χ0v) is 10.0. The van der Waals surface area contributed by atoms with Gasteiger partial charge in [-0.2, -0.15) is 0 Å². The van der Waals surface area contributed by atoms with Gasteiger partial charge in [-0.15, -0.1) is 0 Å². The van der Waals surface area contributed by atoms with Crippen LogP contribution in [0.15, 0.2) is 12.3 Å². The van der Waals surface area contributed by atoms with Crippen LogP contribution < -0.4 is 5.73 Å². The summed E-state index contributed by atoms with van der Waals surface area (Å²) in [4.78, 5) is 4.14. The fourth-order valence-electron chi connectivity index (χ4n) is 2.67. The van der Waals surface area contributed by atoms with Crippen molar-refractivity contribution in [1.29, 1.82) is 0 Å². The van der Waals surface area contributed by atoms with Crippen molar-refractivity contribution in [3.05, 3.63) is 23.4 Å². The summed E-state index contributed by atoms with van der Waals surface area (Å²) < 4.78 is 0. The lowest BCUT2D eigenvalue weighted by atomic mass is 9.90. The Morgan fingerprint density at radius 2 is 2.38 bits per heavy atom. The standard InChI is InChI=1S/C13H20N2O/c1-3-10-4-5-13(16,7-10)11-6-9(2)8-15-12(11)14/h6,8,10,16H,3-5,7H2,1-2H3,(H2,14,15). The van der Waals surface area contributed by atoms with Crippen molar-refractivity contribution < 1.29 is 5.11 Å². The van der Waals surface area contributed by atoms with Crippen molar-refractivity contribution >= 4 is 5.82 Å². The maximum atomic E-state index is 10.6. The Morgan fingerprint density at radius 3 is 3.00 bits per heavy atom. The number of rotatable bonds is 2. The molecule has 1 aromatic rings. The van der Waals surface area contributed by atoms with Crippen LogP contribution in [0.3, 0.4) is 0 Å². The number of hydrogen-bond donors (Lipinski definition) is 2. The predicted octanol–water partition coefficient (Wildman–Crippen LogP) is 2.37. The van der Waals surface area contributed by atoms with Crippen LogP contribution in [-0.2, 0) is 5.60 Å². The molecule has 0 aliphatic heterocycles. The van der Waals surface area contributed by atoms with Crippen LogP contribution in [0.25, 0.3) is 0 Å². The van der Waals surface area contributed by atoms with Gasteiger partial charge in [0.25, 0.3) is 0 Å². The van der Waals surface area contributed by atoms with Gasteiger partial charge in [0.05, 0.1) is 5.60 Å². The number of hydrogen-bond acceptors (Lipinski definition) is 3. The van der Waals surface area contributed by atoms with Crippen molar-refractivity contribution in [2.45, 2.75) is 45.1 Å². The number of aliphatic hydroxyl groups is 1. The first kappa shape index (κ1) is 11.4. The summed E-state index contributed by atoms with van der Waals surface area (Å²) in [6, 6.07) is 1.97. The van der Waals surface area contributed by atoms with E-state index in [1.807, 2.05) is 13.0 Å². The maximum absolute atomic E-state index is 10.6. The number of pyridine rings is 1. The molecule has 0 amide bonds. The minimum atomic E-state index is -0.746. The van der Waals surface area contributed by atoms with Gasteiger partial charge >= 0.3 is 0 Å². The smallest absolute Gasteiger partial charge is 0.129 e. The molecule has 16 heavy (non-hydrogen) atoms. The first-order valence-corrected chi connectivity index (χ1v) is 6.00. The molecule has 0 saturated heterocycles. The van der Waals surface area contributed by atoms with Gasteiger partial charge in [0.2, 0.25) is 0 Å². The monoisotopic (exact) mass is 220 g/mol. The summed E-state index contributed by atoms with van der Waals surface area (Å²) in [6.07, 6.45) is 5.58. The van der Waals surface area contributed by atoms with Gasteiger partial charge in [0, 0.05) is 11.8 Å². The fourth-order valence-corrected chi connectivity index (χ4v) is 2.67. The van der Waals surface area contributed by atoms with Crippen molar-refractivity contribution in [2.75, 3.05) is 5.73 Å². The Hall–Kier alpha value is -1.09. The molecule has 1 aliphatic carbocycles. The van der Waals surface area contributed by atoms with Crippen LogP contribution in [-0.4, -0.2) is 10.1 Å². The summed E-state index contributed by atoms with van der Waals surface area (Å²) in [5, 5.41) is 10.6. The molecule has 0 aromatic carbocycles. The quantitative estimate of drug-likeness (QED) is 0.804. The Bertz CT molecular complexity index is 392. The number of nitrogens with zero attached hydrogens (tertiary/aromatic N) is 1. The number of anilines is 1. The molecule has 2 atom stereocenters. The van der Waals surface area contributed by atoms with Crippen LogP contribution >= 0.6 is 0 Å². The molecule has 0 bridgehead atoms. The fraction of sp³-hybridized carbons (Fsp3) is 0.615. The first-order chi connectivity index (χ1) is 7.55. The van der Waals surface area contributed by atoms with Crippen molar-refractivity contribution in [3.63, 3.8) is 0 Å². The summed E-state index contributed by atoms with van der Waals surface area (Å²) in [7, 11) is 0. The highest BCUT2D eigenvalue weighted by molar-refractivity contribution is 5.45. The molecule has 1 aliphatic rings. The van der Waals surface area contributed by atoms with E-state index in [9.17, 15) is 5.11 Å². The normalized spacial score (nSPS) is 29.6. The van der Waals surface area contributed by atoms with E-state index >= 15 is 0 Å². The minimum Gasteiger partial charge on any atom is -0.385 e. The van der Waals surface area contributed by atoms with Crippen LogP contribution in [0.5, 0.6) is 0 Å². The molecule has 1 heterocycles. The summed E-state index contributed by atoms with van der Waals surface area (Å²) in [5.41, 5.74) is 7.00. The van der Waals surface area contributed by atoms with Crippen molar-refractivity contribution in [1.82, 2.24) is 4.98 Å². The number of aryl methyl sites for hydroxylation is 1. The molecule has 0 radical (unpaired) electrons. The maximum Gasteiger partial charge on any atom is 0.129 e. The van der Waals surface area contributed by atoms with Gasteiger partial charge in [-0.25, -0.2) is 4.98 Å². The Morgan fingerprint density at radius 1 is 1.62 bits per heavy atom. The van der Waals surface area contributed by atoms with E-state index in [0.29, 0.717) is 11.7 Å². The van der Waals surface area contributed by atoms with Gasteiger partial charge in [-0.05, 0) is 43.7 Å². The van der Waals surface area contributed by atoms with E-state index in [2.05, 4.69) is 11.9 Å². The second-order valence-corrected chi connectivity index (χ2v) is 4.99. The lowest BCUT2D eigenvalue weighted by Gasteiger charge is -2.24. The van der Waals surface area contributed by atoms with Gasteiger partial charge in [-0.1, -0.05) is 13.3 Å². The van der Waals surface area contributed by atoms with Crippen molar-refractivity contribution in [3.8, 4) is 0 Å². The summed E-state index contributed by atoms with van der Waals surface area (Å²) in [5.74, 6) is 1.09. The second-order valence-electron chi connectivity index (χ2n) is 4.99. The molecular weight excluding hydrogens is 200 g/mol. The van der Waals surface area contributed by atoms with E-state index in [-0.39, 0.29) is 0 Å². The molecule has 1 fully saturated rings. The second kappa shape index (κ2) is 4.06. The highest BCUT2D eigenvalue weighted by Crippen LogP contribution is 2.44. The summed E-state index contributed by atoms with van der Waals surface area (Å²) in [6.45, 7) is 4.15. The van der Waals surface area contributed by atoms with E-state index < -0.39 is 5.60 Å². The van der Waals surface area contributed by atoms with E-state index in [0.717, 1.165) is 36.8 Å². The Balaban J connectivity index is 2.33. The molecular formula is C13H20N2O. The average molecular weight is 220 g/mol. The van der Waals surface area contributed by atoms with Crippen LogP contribution in [0, 0.1) is 12.8 Å². The highest BCUT2D eigenvalue weighted by atomic mass is 16.3.